The van der Waals surface area contributed by atoms with E-state index in [1.165, 1.54) is 16.0 Å². The van der Waals surface area contributed by atoms with Crippen molar-refractivity contribution in [1.82, 2.24) is 0 Å². The number of aliphatic hydroxyl groups excluding tert-OH is 2. The van der Waals surface area contributed by atoms with Gasteiger partial charge in [-0.1, -0.05) is 17.2 Å². The first-order valence-corrected chi connectivity index (χ1v) is 7.30. The maximum Gasteiger partial charge on any atom is 0.103 e. The van der Waals surface area contributed by atoms with E-state index < -0.39 is 0 Å². The Bertz CT molecular complexity index is 279. The van der Waals surface area contributed by atoms with Crippen molar-refractivity contribution in [1.29, 1.82) is 0 Å². The summed E-state index contributed by atoms with van der Waals surface area (Å²) in [6.45, 7) is 12.2. The summed E-state index contributed by atoms with van der Waals surface area (Å²) in [4.78, 5) is 1.23. The highest BCUT2D eigenvalue weighted by molar-refractivity contribution is 5.02. The van der Waals surface area contributed by atoms with Gasteiger partial charge in [-0.15, -0.1) is 0 Å². The van der Waals surface area contributed by atoms with Crippen LogP contribution in [0.25, 0.3) is 0 Å². The van der Waals surface area contributed by atoms with Crippen LogP contribution in [0.3, 0.4) is 0 Å². The molecule has 0 amide bonds. The van der Waals surface area contributed by atoms with Gasteiger partial charge in [-0.25, -0.2) is 0 Å². The van der Waals surface area contributed by atoms with Crippen LogP contribution in [-0.4, -0.2) is 42.1 Å². The molecule has 2 atom stereocenters. The van der Waals surface area contributed by atoms with Crippen LogP contribution in [0, 0.1) is 0 Å². The molecule has 0 unspecified atom stereocenters. The van der Waals surface area contributed by atoms with Crippen LogP contribution in [0.5, 0.6) is 0 Å². The number of hydrogen-bond donors (Lipinski definition) is 3. The normalized spacial score (nSPS) is 15.5. The standard InChI is InChI=1S/C16H31NO2/c1-13(2)7-6-8-14(3)9-10-17(11-15(4)18)12-16(5)19/h7,9,15-16,18-19H,6,8,10-12H2,1-5H3/p+1/b14-9+/t15-,16-/m1/s1. The molecule has 0 fully saturated rings. The number of nitrogens with one attached hydrogen (secondary N) is 1. The van der Waals surface area contributed by atoms with E-state index in [0.29, 0.717) is 13.1 Å². The molecular formula is C16H32NO2+. The zero-order chi connectivity index (χ0) is 14.8. The molecule has 0 radical (unpaired) electrons. The lowest BCUT2D eigenvalue weighted by molar-refractivity contribution is -0.900. The highest BCUT2D eigenvalue weighted by Gasteiger charge is 2.13. The van der Waals surface area contributed by atoms with E-state index >= 15 is 0 Å². The van der Waals surface area contributed by atoms with Crippen LogP contribution in [0.1, 0.15) is 47.5 Å². The number of quaternary nitrogens is 1. The molecule has 0 aromatic rings. The Balaban J connectivity index is 4.22. The molecule has 0 heterocycles. The molecule has 0 saturated carbocycles. The second-order valence-corrected chi connectivity index (χ2v) is 5.93. The molecule has 0 spiro atoms. The van der Waals surface area contributed by atoms with Gasteiger partial charge >= 0.3 is 0 Å². The lowest BCUT2D eigenvalue weighted by Gasteiger charge is -2.21. The summed E-state index contributed by atoms with van der Waals surface area (Å²) >= 11 is 0. The van der Waals surface area contributed by atoms with E-state index in [-0.39, 0.29) is 12.2 Å². The van der Waals surface area contributed by atoms with Gasteiger partial charge in [-0.2, -0.15) is 0 Å². The van der Waals surface area contributed by atoms with E-state index in [9.17, 15) is 10.2 Å². The molecule has 0 rings (SSSR count). The Hall–Kier alpha value is -0.640. The highest BCUT2D eigenvalue weighted by Crippen LogP contribution is 2.05. The Morgan fingerprint density at radius 1 is 1.00 bits per heavy atom. The predicted molar refractivity (Wildman–Crippen MR) is 81.3 cm³/mol. The Kier molecular flexibility index (Phi) is 9.84. The van der Waals surface area contributed by atoms with Crippen LogP contribution in [0.2, 0.25) is 0 Å². The van der Waals surface area contributed by atoms with E-state index in [1.807, 2.05) is 0 Å². The average molecular weight is 270 g/mol. The third kappa shape index (κ3) is 12.2. The van der Waals surface area contributed by atoms with Gasteiger partial charge in [0.25, 0.3) is 0 Å². The van der Waals surface area contributed by atoms with Crippen molar-refractivity contribution in [3.05, 3.63) is 23.3 Å². The van der Waals surface area contributed by atoms with Crippen LogP contribution < -0.4 is 4.90 Å². The van der Waals surface area contributed by atoms with Gasteiger partial charge in [0.2, 0.25) is 0 Å². The molecule has 0 aliphatic heterocycles. The van der Waals surface area contributed by atoms with Gasteiger partial charge in [0, 0.05) is 0 Å². The fourth-order valence-electron chi connectivity index (χ4n) is 2.09. The van der Waals surface area contributed by atoms with Crippen molar-refractivity contribution in [2.24, 2.45) is 0 Å². The zero-order valence-corrected chi connectivity index (χ0v) is 13.2. The third-order valence-electron chi connectivity index (χ3n) is 3.00. The van der Waals surface area contributed by atoms with Crippen molar-refractivity contribution in [2.45, 2.75) is 59.7 Å². The fraction of sp³-hybridized carbons (Fsp3) is 0.750. The molecule has 3 nitrogen and oxygen atoms in total. The first-order chi connectivity index (χ1) is 8.81. The number of allylic oxidation sites excluding steroid dienone is 3. The quantitative estimate of drug-likeness (QED) is 0.553. The van der Waals surface area contributed by atoms with Crippen LogP contribution in [0.15, 0.2) is 23.3 Å². The molecule has 3 N–H and O–H groups in total. The summed E-state index contributed by atoms with van der Waals surface area (Å²) in [7, 11) is 0. The van der Waals surface area contributed by atoms with Crippen LogP contribution >= 0.6 is 0 Å². The molecule has 3 heteroatoms. The number of aliphatic hydroxyl groups is 2. The summed E-state index contributed by atoms with van der Waals surface area (Å²) in [6.07, 6.45) is 6.02. The minimum atomic E-state index is -0.326. The molecule has 0 bridgehead atoms. The first-order valence-electron chi connectivity index (χ1n) is 7.30. The second kappa shape index (κ2) is 10.2. The minimum absolute atomic E-state index is 0.326. The summed E-state index contributed by atoms with van der Waals surface area (Å²) in [5.41, 5.74) is 2.74. The molecule has 112 valence electrons. The van der Waals surface area contributed by atoms with Gasteiger partial charge in [0.05, 0.1) is 6.54 Å². The Morgan fingerprint density at radius 2 is 1.53 bits per heavy atom. The van der Waals surface area contributed by atoms with Gasteiger partial charge in [-0.05, 0) is 53.5 Å². The van der Waals surface area contributed by atoms with Crippen LogP contribution in [-0.2, 0) is 0 Å². The molecule has 0 aliphatic rings. The van der Waals surface area contributed by atoms with Gasteiger partial charge in [-0.3, -0.25) is 0 Å². The second-order valence-electron chi connectivity index (χ2n) is 5.93. The van der Waals surface area contributed by atoms with Gasteiger partial charge in [0.15, 0.2) is 0 Å². The van der Waals surface area contributed by atoms with E-state index in [1.54, 1.807) is 13.8 Å². The third-order valence-corrected chi connectivity index (χ3v) is 3.00. The lowest BCUT2D eigenvalue weighted by Crippen LogP contribution is -3.13. The van der Waals surface area contributed by atoms with Gasteiger partial charge in [0.1, 0.15) is 25.3 Å². The zero-order valence-electron chi connectivity index (χ0n) is 13.2. The highest BCUT2D eigenvalue weighted by atomic mass is 16.3. The monoisotopic (exact) mass is 270 g/mol. The first kappa shape index (κ1) is 18.4. The van der Waals surface area contributed by atoms with Crippen molar-refractivity contribution in [3.8, 4) is 0 Å². The molecule has 0 aromatic carbocycles. The summed E-state index contributed by atoms with van der Waals surface area (Å²) < 4.78 is 0. The molecule has 0 aromatic heterocycles. The lowest BCUT2D eigenvalue weighted by atomic mass is 10.1. The van der Waals surface area contributed by atoms with E-state index in [4.69, 9.17) is 0 Å². The smallest absolute Gasteiger partial charge is 0.103 e. The van der Waals surface area contributed by atoms with Crippen LogP contribution in [0.4, 0.5) is 0 Å². The summed E-state index contributed by atoms with van der Waals surface area (Å²) in [5.74, 6) is 0. The van der Waals surface area contributed by atoms with Crippen molar-refractivity contribution in [2.75, 3.05) is 19.6 Å². The van der Waals surface area contributed by atoms with Crippen molar-refractivity contribution >= 4 is 0 Å². The molecule has 0 aliphatic carbocycles. The maximum absolute atomic E-state index is 9.47. The summed E-state index contributed by atoms with van der Waals surface area (Å²) in [6, 6.07) is 0. The topological polar surface area (TPSA) is 44.9 Å². The molecule has 0 saturated heterocycles. The summed E-state index contributed by atoms with van der Waals surface area (Å²) in [5, 5.41) is 18.9. The predicted octanol–water partition coefficient (Wildman–Crippen LogP) is 1.33. The SMILES string of the molecule is CC(C)=CCC/C(C)=C/C[NH+](C[C@@H](C)O)C[C@@H](C)O. The molecule has 19 heavy (non-hydrogen) atoms. The Morgan fingerprint density at radius 3 is 1.95 bits per heavy atom. The van der Waals surface area contributed by atoms with Gasteiger partial charge < -0.3 is 15.1 Å². The molecular weight excluding hydrogens is 238 g/mol. The van der Waals surface area contributed by atoms with Crippen molar-refractivity contribution < 1.29 is 15.1 Å². The average Bonchev–Trinajstić information content (AvgIpc) is 2.23. The van der Waals surface area contributed by atoms with Crippen molar-refractivity contribution in [3.63, 3.8) is 0 Å². The minimum Gasteiger partial charge on any atom is -0.388 e. The van der Waals surface area contributed by atoms with E-state index in [2.05, 4.69) is 32.9 Å². The fourth-order valence-corrected chi connectivity index (χ4v) is 2.09. The largest absolute Gasteiger partial charge is 0.388 e. The Labute approximate surface area is 118 Å². The number of rotatable bonds is 9. The van der Waals surface area contributed by atoms with E-state index in [0.717, 1.165) is 19.4 Å². The number of hydrogen-bond acceptors (Lipinski definition) is 2. The maximum atomic E-state index is 9.47.